The Balaban J connectivity index is 2.25. The van der Waals surface area contributed by atoms with Gasteiger partial charge in [0.25, 0.3) is 11.8 Å². The lowest BCUT2D eigenvalue weighted by molar-refractivity contribution is 0.0804. The maximum Gasteiger partial charge on any atom is 0.257 e. The molecule has 0 N–H and O–H groups in total. The predicted molar refractivity (Wildman–Crippen MR) is 147 cm³/mol. The molecule has 0 saturated heterocycles. The summed E-state index contributed by atoms with van der Waals surface area (Å²) in [6.07, 6.45) is -0.727. The Labute approximate surface area is 229 Å². The summed E-state index contributed by atoms with van der Waals surface area (Å²) in [6.45, 7) is 0. The number of methoxy groups -OCH3 is 4. The smallest absolute Gasteiger partial charge is 0.257 e. The van der Waals surface area contributed by atoms with Crippen LogP contribution in [-0.4, -0.2) is 96.8 Å². The standard InChI is InChI=1S/C25H36N2O10P2/c1-26(24(28)20-13-18(32-3)9-11-22(20)34-5)15-38(30,36-7)17-39(31,37-8)16-27(2)25(29)21-14-19(33-4)10-12-23(21)35-6/h9-14H,15-17H2,1-8H3. The van der Waals surface area contributed by atoms with Gasteiger partial charge >= 0.3 is 0 Å². The summed E-state index contributed by atoms with van der Waals surface area (Å²) in [4.78, 5) is 28.8. The Bertz CT molecular complexity index is 1170. The van der Waals surface area contributed by atoms with Crippen LogP contribution in [0, 0.1) is 0 Å². The maximum absolute atomic E-state index is 13.7. The van der Waals surface area contributed by atoms with Gasteiger partial charge in [-0.3, -0.25) is 18.7 Å². The first-order chi connectivity index (χ1) is 18.4. The highest BCUT2D eigenvalue weighted by Gasteiger charge is 2.39. The van der Waals surface area contributed by atoms with Crippen LogP contribution < -0.4 is 18.9 Å². The molecule has 0 aliphatic heterocycles. The molecule has 0 spiro atoms. The van der Waals surface area contributed by atoms with Gasteiger partial charge in [0, 0.05) is 28.3 Å². The quantitative estimate of drug-likeness (QED) is 0.296. The van der Waals surface area contributed by atoms with Gasteiger partial charge in [-0.25, -0.2) is 0 Å². The summed E-state index contributed by atoms with van der Waals surface area (Å²) in [6, 6.07) is 9.46. The first-order valence-electron chi connectivity index (χ1n) is 11.6. The first kappa shape index (κ1) is 32.2. The van der Waals surface area contributed by atoms with Crippen molar-refractivity contribution in [3.05, 3.63) is 47.5 Å². The van der Waals surface area contributed by atoms with E-state index in [2.05, 4.69) is 0 Å². The molecule has 216 valence electrons. The third-order valence-corrected chi connectivity index (χ3v) is 12.4. The van der Waals surface area contributed by atoms with Crippen molar-refractivity contribution in [2.24, 2.45) is 0 Å². The van der Waals surface area contributed by atoms with Crippen LogP contribution in [0.2, 0.25) is 0 Å². The molecule has 2 aromatic rings. The van der Waals surface area contributed by atoms with Gasteiger partial charge in [-0.05, 0) is 36.4 Å². The van der Waals surface area contributed by atoms with Crippen LogP contribution in [0.25, 0.3) is 0 Å². The molecule has 0 bridgehead atoms. The highest BCUT2D eigenvalue weighted by molar-refractivity contribution is 7.76. The molecular formula is C25H36N2O10P2. The van der Waals surface area contributed by atoms with E-state index >= 15 is 0 Å². The van der Waals surface area contributed by atoms with E-state index in [-0.39, 0.29) is 23.7 Å². The summed E-state index contributed by atoms with van der Waals surface area (Å²) in [5.41, 5.74) is 0.379. The number of carbonyl (C=O) groups excluding carboxylic acids is 2. The molecule has 2 unspecified atom stereocenters. The van der Waals surface area contributed by atoms with Crippen molar-refractivity contribution in [1.29, 1.82) is 0 Å². The third kappa shape index (κ3) is 7.99. The number of ether oxygens (including phenoxy) is 4. The predicted octanol–water partition coefficient (Wildman–Crippen LogP) is 4.29. The lowest BCUT2D eigenvalue weighted by Crippen LogP contribution is -2.31. The molecule has 0 heterocycles. The Kier molecular flexibility index (Phi) is 11.4. The number of hydrogen-bond donors (Lipinski definition) is 0. The van der Waals surface area contributed by atoms with Crippen molar-refractivity contribution < 1.29 is 46.7 Å². The molecule has 0 aromatic heterocycles. The van der Waals surface area contributed by atoms with Gasteiger partial charge in [0.15, 0.2) is 0 Å². The van der Waals surface area contributed by atoms with Crippen LogP contribution >= 0.6 is 14.7 Å². The minimum atomic E-state index is -3.74. The van der Waals surface area contributed by atoms with E-state index in [0.717, 1.165) is 0 Å². The number of amides is 2. The van der Waals surface area contributed by atoms with Crippen molar-refractivity contribution in [3.63, 3.8) is 0 Å². The molecule has 0 fully saturated rings. The molecule has 2 rings (SSSR count). The Morgan fingerprint density at radius 3 is 1.28 bits per heavy atom. The normalized spacial score (nSPS) is 13.9. The molecule has 0 aliphatic rings. The average Bonchev–Trinajstić information content (AvgIpc) is 2.95. The van der Waals surface area contributed by atoms with Crippen LogP contribution in [0.15, 0.2) is 36.4 Å². The van der Waals surface area contributed by atoms with Gasteiger partial charge in [0.2, 0.25) is 14.7 Å². The van der Waals surface area contributed by atoms with Crippen molar-refractivity contribution in [2.75, 3.05) is 75.2 Å². The van der Waals surface area contributed by atoms with Crippen molar-refractivity contribution in [1.82, 2.24) is 9.80 Å². The number of hydrogen-bond acceptors (Lipinski definition) is 10. The summed E-state index contributed by atoms with van der Waals surface area (Å²) < 4.78 is 59.0. The molecule has 12 nitrogen and oxygen atoms in total. The van der Waals surface area contributed by atoms with E-state index in [0.29, 0.717) is 23.0 Å². The molecule has 0 saturated carbocycles. The SMILES string of the molecule is COc1ccc(OC)c(C(=O)N(C)CP(=O)(CP(=O)(CN(C)C(=O)c2cc(OC)ccc2OC)OC)OC)c1. The zero-order valence-corrected chi connectivity index (χ0v) is 25.2. The summed E-state index contributed by atoms with van der Waals surface area (Å²) in [5, 5.41) is 0. The van der Waals surface area contributed by atoms with Gasteiger partial charge in [-0.15, -0.1) is 0 Å². The van der Waals surface area contributed by atoms with E-state index in [1.165, 1.54) is 78.7 Å². The van der Waals surface area contributed by atoms with E-state index in [1.807, 2.05) is 0 Å². The molecule has 2 amide bonds. The van der Waals surface area contributed by atoms with Crippen molar-refractivity contribution >= 4 is 26.6 Å². The molecule has 0 aliphatic carbocycles. The minimum Gasteiger partial charge on any atom is -0.497 e. The fourth-order valence-corrected chi connectivity index (χ4v) is 9.84. The van der Waals surface area contributed by atoms with E-state index < -0.39 is 32.5 Å². The summed E-state index contributed by atoms with van der Waals surface area (Å²) in [7, 11) is 3.61. The topological polar surface area (TPSA) is 130 Å². The van der Waals surface area contributed by atoms with Crippen LogP contribution in [0.3, 0.4) is 0 Å². The average molecular weight is 587 g/mol. The number of benzene rings is 2. The van der Waals surface area contributed by atoms with E-state index in [9.17, 15) is 18.7 Å². The number of nitrogens with zero attached hydrogens (tertiary/aromatic N) is 2. The largest absolute Gasteiger partial charge is 0.497 e. The summed E-state index contributed by atoms with van der Waals surface area (Å²) in [5.74, 6) is -0.0443. The summed E-state index contributed by atoms with van der Waals surface area (Å²) >= 11 is 0. The Hall–Kier alpha value is -3.04. The lowest BCUT2D eigenvalue weighted by Gasteiger charge is -2.29. The maximum atomic E-state index is 13.7. The first-order valence-corrected chi connectivity index (χ1v) is 15.6. The van der Waals surface area contributed by atoms with Crippen LogP contribution in [0.1, 0.15) is 20.7 Å². The second kappa shape index (κ2) is 13.8. The van der Waals surface area contributed by atoms with E-state index in [1.54, 1.807) is 24.3 Å². The fraction of sp³-hybridized carbons (Fsp3) is 0.440. The number of carbonyl (C=O) groups is 2. The monoisotopic (exact) mass is 586 g/mol. The third-order valence-electron chi connectivity index (χ3n) is 5.92. The highest BCUT2D eigenvalue weighted by atomic mass is 31.2. The fourth-order valence-electron chi connectivity index (χ4n) is 3.80. The molecule has 2 atom stereocenters. The Morgan fingerprint density at radius 2 is 1.00 bits per heavy atom. The van der Waals surface area contributed by atoms with Gasteiger partial charge in [-0.2, -0.15) is 0 Å². The van der Waals surface area contributed by atoms with Crippen LogP contribution in [-0.2, 0) is 18.2 Å². The highest BCUT2D eigenvalue weighted by Crippen LogP contribution is 2.62. The van der Waals surface area contributed by atoms with Gasteiger partial charge in [0.1, 0.15) is 28.9 Å². The zero-order valence-electron chi connectivity index (χ0n) is 23.5. The van der Waals surface area contributed by atoms with Gasteiger partial charge < -0.3 is 37.8 Å². The van der Waals surface area contributed by atoms with Gasteiger partial charge in [0.05, 0.1) is 52.1 Å². The van der Waals surface area contributed by atoms with Gasteiger partial charge in [-0.1, -0.05) is 0 Å². The molecule has 0 radical (unpaired) electrons. The van der Waals surface area contributed by atoms with E-state index in [4.69, 9.17) is 28.0 Å². The van der Waals surface area contributed by atoms with Crippen LogP contribution in [0.4, 0.5) is 0 Å². The number of rotatable bonds is 14. The van der Waals surface area contributed by atoms with Crippen molar-refractivity contribution in [3.8, 4) is 23.0 Å². The van der Waals surface area contributed by atoms with Crippen LogP contribution in [0.5, 0.6) is 23.0 Å². The second-order valence-electron chi connectivity index (χ2n) is 8.56. The molecule has 39 heavy (non-hydrogen) atoms. The minimum absolute atomic E-state index is 0.189. The molecular weight excluding hydrogens is 550 g/mol. The van der Waals surface area contributed by atoms with Crippen molar-refractivity contribution in [2.45, 2.75) is 0 Å². The molecule has 2 aromatic carbocycles. The molecule has 14 heteroatoms. The second-order valence-corrected chi connectivity index (χ2v) is 14.2. The lowest BCUT2D eigenvalue weighted by atomic mass is 10.1. The Morgan fingerprint density at radius 1 is 0.641 bits per heavy atom. The zero-order chi connectivity index (χ0) is 29.4.